The van der Waals surface area contributed by atoms with Crippen molar-refractivity contribution in [1.29, 1.82) is 0 Å². The summed E-state index contributed by atoms with van der Waals surface area (Å²) in [5.74, 6) is -0.610. The normalized spacial score (nSPS) is 20.4. The van der Waals surface area contributed by atoms with E-state index in [2.05, 4.69) is 4.98 Å². The van der Waals surface area contributed by atoms with Crippen LogP contribution in [0, 0.1) is 12.7 Å². The Kier molecular flexibility index (Phi) is 3.77. The van der Waals surface area contributed by atoms with Crippen LogP contribution in [0.4, 0.5) is 4.39 Å². The molecule has 6 heteroatoms. The molecule has 0 saturated carbocycles. The number of aliphatic hydroxyl groups excluding tert-OH is 1. The number of benzene rings is 1. The molecule has 0 bridgehead atoms. The van der Waals surface area contributed by atoms with Gasteiger partial charge in [-0.15, -0.1) is 0 Å². The molecule has 0 unspecified atom stereocenters. The maximum atomic E-state index is 13.6. The number of aromatic nitrogens is 2. The van der Waals surface area contributed by atoms with E-state index in [-0.39, 0.29) is 24.3 Å². The molecule has 2 atom stereocenters. The quantitative estimate of drug-likeness (QED) is 0.781. The largest absolute Gasteiger partial charge is 0.391 e. The third-order valence-corrected chi connectivity index (χ3v) is 4.61. The second-order valence-corrected chi connectivity index (χ2v) is 6.51. The summed E-state index contributed by atoms with van der Waals surface area (Å²) in [6.07, 6.45) is 3.31. The van der Waals surface area contributed by atoms with E-state index < -0.39 is 6.10 Å². The molecular formula is C19H18FN3O2. The predicted octanol–water partition coefficient (Wildman–Crippen LogP) is 2.73. The van der Waals surface area contributed by atoms with Crippen LogP contribution in [0.1, 0.15) is 34.1 Å². The molecule has 3 aromatic rings. The van der Waals surface area contributed by atoms with Crippen LogP contribution in [0.5, 0.6) is 0 Å². The smallest absolute Gasteiger partial charge is 0.274 e. The molecule has 1 aromatic carbocycles. The van der Waals surface area contributed by atoms with Crippen molar-refractivity contribution in [2.24, 2.45) is 0 Å². The Morgan fingerprint density at radius 1 is 1.32 bits per heavy atom. The molecular weight excluding hydrogens is 321 g/mol. The van der Waals surface area contributed by atoms with Crippen LogP contribution >= 0.6 is 0 Å². The minimum atomic E-state index is -0.628. The zero-order valence-electron chi connectivity index (χ0n) is 13.8. The van der Waals surface area contributed by atoms with Crippen LogP contribution in [0.15, 0.2) is 48.8 Å². The molecule has 5 nitrogen and oxygen atoms in total. The maximum absolute atomic E-state index is 13.6. The number of aryl methyl sites for hydroxylation is 1. The number of imidazole rings is 1. The van der Waals surface area contributed by atoms with Crippen molar-refractivity contribution in [3.63, 3.8) is 0 Å². The zero-order chi connectivity index (χ0) is 17.6. The van der Waals surface area contributed by atoms with Crippen LogP contribution in [0.25, 0.3) is 5.65 Å². The van der Waals surface area contributed by atoms with Gasteiger partial charge in [0.2, 0.25) is 0 Å². The number of β-amino-alcohol motifs (C(OH)–C–C–N with tert-alkyl or cyclic N) is 1. The Bertz CT molecular complexity index is 953. The highest BCUT2D eigenvalue weighted by atomic mass is 19.1. The average Bonchev–Trinajstić information content (AvgIpc) is 3.17. The summed E-state index contributed by atoms with van der Waals surface area (Å²) in [6.45, 7) is 2.18. The summed E-state index contributed by atoms with van der Waals surface area (Å²) in [7, 11) is 0. The van der Waals surface area contributed by atoms with Crippen molar-refractivity contribution in [2.45, 2.75) is 25.5 Å². The van der Waals surface area contributed by atoms with Crippen LogP contribution in [-0.4, -0.2) is 37.9 Å². The molecule has 2 aromatic heterocycles. The zero-order valence-corrected chi connectivity index (χ0v) is 13.8. The van der Waals surface area contributed by atoms with Gasteiger partial charge < -0.3 is 14.4 Å². The van der Waals surface area contributed by atoms with E-state index in [0.717, 1.165) is 5.56 Å². The number of likely N-dealkylation sites (tertiary alicyclic amines) is 1. The van der Waals surface area contributed by atoms with Crippen LogP contribution < -0.4 is 0 Å². The average molecular weight is 339 g/mol. The Morgan fingerprint density at radius 3 is 2.96 bits per heavy atom. The number of rotatable bonds is 2. The third kappa shape index (κ3) is 2.89. The lowest BCUT2D eigenvalue weighted by molar-refractivity contribution is 0.0710. The summed E-state index contributed by atoms with van der Waals surface area (Å²) >= 11 is 0. The van der Waals surface area contributed by atoms with E-state index in [1.54, 1.807) is 27.6 Å². The summed E-state index contributed by atoms with van der Waals surface area (Å²) in [5, 5.41) is 10.1. The molecule has 1 fully saturated rings. The lowest BCUT2D eigenvalue weighted by Gasteiger charge is -2.24. The minimum absolute atomic E-state index is 0.215. The fraction of sp³-hybridized carbons (Fsp3) is 0.263. The Balaban J connectivity index is 1.69. The second-order valence-electron chi connectivity index (χ2n) is 6.51. The standard InChI is InChI=1S/C19H18FN3O2/c1-12-5-6-22-11-16(21-18(22)7-12)19(25)23-10-15(24)9-17(23)13-3-2-4-14(20)8-13/h2-8,11,15,17,24H,9-10H2,1H3/t15-,17+/m0/s1. The second kappa shape index (κ2) is 5.97. The highest BCUT2D eigenvalue weighted by Crippen LogP contribution is 2.33. The number of fused-ring (bicyclic) bond motifs is 1. The Labute approximate surface area is 144 Å². The molecule has 25 heavy (non-hydrogen) atoms. The van der Waals surface area contributed by atoms with E-state index >= 15 is 0 Å². The van der Waals surface area contributed by atoms with E-state index in [9.17, 15) is 14.3 Å². The fourth-order valence-corrected chi connectivity index (χ4v) is 3.40. The number of carbonyl (C=O) groups is 1. The molecule has 128 valence electrons. The summed E-state index contributed by atoms with van der Waals surface area (Å²) in [4.78, 5) is 18.9. The van der Waals surface area contributed by atoms with Crippen molar-refractivity contribution in [2.75, 3.05) is 6.54 Å². The molecule has 0 aliphatic carbocycles. The molecule has 0 radical (unpaired) electrons. The van der Waals surface area contributed by atoms with E-state index in [0.29, 0.717) is 23.3 Å². The molecule has 4 rings (SSSR count). The molecule has 1 saturated heterocycles. The van der Waals surface area contributed by atoms with Crippen molar-refractivity contribution in [3.05, 3.63) is 71.4 Å². The number of amides is 1. The topological polar surface area (TPSA) is 57.8 Å². The maximum Gasteiger partial charge on any atom is 0.274 e. The SMILES string of the molecule is Cc1ccn2cc(C(=O)N3C[C@@H](O)C[C@@H]3c3cccc(F)c3)nc2c1. The minimum Gasteiger partial charge on any atom is -0.391 e. The Hall–Kier alpha value is -2.73. The lowest BCUT2D eigenvalue weighted by atomic mass is 10.0. The van der Waals surface area contributed by atoms with Crippen molar-refractivity contribution in [1.82, 2.24) is 14.3 Å². The van der Waals surface area contributed by atoms with Gasteiger partial charge in [0, 0.05) is 18.9 Å². The summed E-state index contributed by atoms with van der Waals surface area (Å²) in [6, 6.07) is 9.66. The first-order chi connectivity index (χ1) is 12.0. The molecule has 1 aliphatic rings. The highest BCUT2D eigenvalue weighted by molar-refractivity contribution is 5.93. The van der Waals surface area contributed by atoms with E-state index in [1.165, 1.54) is 12.1 Å². The van der Waals surface area contributed by atoms with Gasteiger partial charge in [0.05, 0.1) is 12.1 Å². The van der Waals surface area contributed by atoms with Gasteiger partial charge in [0.1, 0.15) is 17.2 Å². The number of hydrogen-bond donors (Lipinski definition) is 1. The van der Waals surface area contributed by atoms with Gasteiger partial charge in [-0.05, 0) is 48.7 Å². The molecule has 1 aliphatic heterocycles. The first-order valence-electron chi connectivity index (χ1n) is 8.21. The lowest BCUT2D eigenvalue weighted by Crippen LogP contribution is -2.32. The van der Waals surface area contributed by atoms with Gasteiger partial charge in [0.15, 0.2) is 0 Å². The van der Waals surface area contributed by atoms with Gasteiger partial charge in [-0.25, -0.2) is 9.37 Å². The number of halogens is 1. The number of hydrogen-bond acceptors (Lipinski definition) is 3. The van der Waals surface area contributed by atoms with Gasteiger partial charge in [-0.3, -0.25) is 4.79 Å². The molecule has 3 heterocycles. The fourth-order valence-electron chi connectivity index (χ4n) is 3.40. The number of carbonyl (C=O) groups excluding carboxylic acids is 1. The highest BCUT2D eigenvalue weighted by Gasteiger charge is 2.36. The molecule has 1 N–H and O–H groups in total. The first-order valence-corrected chi connectivity index (χ1v) is 8.21. The molecule has 1 amide bonds. The first kappa shape index (κ1) is 15.8. The summed E-state index contributed by atoms with van der Waals surface area (Å²) < 4.78 is 15.4. The molecule has 0 spiro atoms. The van der Waals surface area contributed by atoms with Gasteiger partial charge in [-0.1, -0.05) is 12.1 Å². The van der Waals surface area contributed by atoms with Crippen molar-refractivity contribution >= 4 is 11.6 Å². The van der Waals surface area contributed by atoms with Crippen molar-refractivity contribution < 1.29 is 14.3 Å². The third-order valence-electron chi connectivity index (χ3n) is 4.61. The van der Waals surface area contributed by atoms with Crippen LogP contribution in [-0.2, 0) is 0 Å². The van der Waals surface area contributed by atoms with E-state index in [1.807, 2.05) is 25.3 Å². The van der Waals surface area contributed by atoms with Crippen LogP contribution in [0.2, 0.25) is 0 Å². The van der Waals surface area contributed by atoms with Crippen LogP contribution in [0.3, 0.4) is 0 Å². The number of aliphatic hydroxyl groups is 1. The van der Waals surface area contributed by atoms with Gasteiger partial charge >= 0.3 is 0 Å². The number of nitrogens with zero attached hydrogens (tertiary/aromatic N) is 3. The monoisotopic (exact) mass is 339 g/mol. The predicted molar refractivity (Wildman–Crippen MR) is 90.7 cm³/mol. The van der Waals surface area contributed by atoms with Crippen molar-refractivity contribution in [3.8, 4) is 0 Å². The summed E-state index contributed by atoms with van der Waals surface area (Å²) in [5.41, 5.74) is 2.77. The van der Waals surface area contributed by atoms with E-state index in [4.69, 9.17) is 0 Å². The van der Waals surface area contributed by atoms with Gasteiger partial charge in [-0.2, -0.15) is 0 Å². The number of pyridine rings is 1. The van der Waals surface area contributed by atoms with Gasteiger partial charge in [0.25, 0.3) is 5.91 Å². The Morgan fingerprint density at radius 2 is 2.16 bits per heavy atom.